The van der Waals surface area contributed by atoms with Gasteiger partial charge in [0, 0.05) is 23.8 Å². The Bertz CT molecular complexity index is 590. The van der Waals surface area contributed by atoms with Crippen LogP contribution in [-0.4, -0.2) is 9.55 Å². The number of hydrogen-bond acceptors (Lipinski definition) is 2. The molecule has 0 spiro atoms. The topological polar surface area (TPSA) is 41.6 Å². The Morgan fingerprint density at radius 2 is 2.31 bits per heavy atom. The van der Waals surface area contributed by atoms with Crippen LogP contribution in [0.3, 0.4) is 0 Å². The molecule has 0 aliphatic heterocycles. The molecule has 3 rings (SSSR count). The van der Waals surface area contributed by atoms with E-state index in [1.165, 1.54) is 19.3 Å². The first kappa shape index (κ1) is 9.68. The van der Waals surface area contributed by atoms with Crippen molar-refractivity contribution in [2.24, 2.45) is 0 Å². The summed E-state index contributed by atoms with van der Waals surface area (Å²) in [6.07, 6.45) is 7.16. The number of fused-ring (bicyclic) bond motifs is 1. The molecule has 0 saturated heterocycles. The molecule has 1 aliphatic rings. The Morgan fingerprint density at radius 3 is 2.94 bits per heavy atom. The average Bonchev–Trinajstić information content (AvgIpc) is 2.54. The Balaban J connectivity index is 2.26. The molecule has 2 heterocycles. The van der Waals surface area contributed by atoms with Crippen molar-refractivity contribution >= 4 is 22.6 Å². The second-order valence-electron chi connectivity index (χ2n) is 4.17. The predicted octanol–water partition coefficient (Wildman–Crippen LogP) is 3.29. The zero-order valence-corrected chi connectivity index (χ0v) is 9.41. The number of pyridine rings is 1. The fraction of sp³-hybridized carbons (Fsp3) is 0.333. The van der Waals surface area contributed by atoms with E-state index in [1.807, 2.05) is 12.3 Å². The number of hydrogen-bond donors (Lipinski definition) is 0. The first-order valence-corrected chi connectivity index (χ1v) is 5.73. The summed E-state index contributed by atoms with van der Waals surface area (Å²) >= 11 is 5.90. The van der Waals surface area contributed by atoms with E-state index in [1.54, 1.807) is 6.20 Å². The van der Waals surface area contributed by atoms with Crippen LogP contribution in [0.2, 0.25) is 5.02 Å². The van der Waals surface area contributed by atoms with Gasteiger partial charge in [-0.25, -0.2) is 4.98 Å². The van der Waals surface area contributed by atoms with E-state index in [9.17, 15) is 0 Å². The van der Waals surface area contributed by atoms with Gasteiger partial charge >= 0.3 is 0 Å². The van der Waals surface area contributed by atoms with Crippen molar-refractivity contribution in [1.82, 2.24) is 9.55 Å². The molecule has 0 aromatic carbocycles. The normalized spacial score (nSPS) is 16.0. The highest BCUT2D eigenvalue weighted by Gasteiger charge is 2.22. The standard InChI is InChI=1S/C12H10ClN3/c13-9-4-11-8(5-14)7-16(10-2-1-3-10)12(11)15-6-9/h4,6-7,10H,1-3H2. The summed E-state index contributed by atoms with van der Waals surface area (Å²) in [4.78, 5) is 4.33. The number of aromatic nitrogens is 2. The Kier molecular flexibility index (Phi) is 2.12. The highest BCUT2D eigenvalue weighted by Crippen LogP contribution is 2.35. The van der Waals surface area contributed by atoms with Crippen LogP contribution < -0.4 is 0 Å². The van der Waals surface area contributed by atoms with Gasteiger partial charge in [-0.2, -0.15) is 5.26 Å². The molecule has 1 fully saturated rings. The van der Waals surface area contributed by atoms with Gasteiger partial charge in [0.25, 0.3) is 0 Å². The van der Waals surface area contributed by atoms with Crippen LogP contribution in [0.4, 0.5) is 0 Å². The summed E-state index contributed by atoms with van der Waals surface area (Å²) in [6.45, 7) is 0. The van der Waals surface area contributed by atoms with Crippen molar-refractivity contribution in [3.63, 3.8) is 0 Å². The molecule has 2 aromatic heterocycles. The fourth-order valence-electron chi connectivity index (χ4n) is 2.14. The molecule has 0 atom stereocenters. The van der Waals surface area contributed by atoms with Crippen LogP contribution in [0, 0.1) is 11.3 Å². The van der Waals surface area contributed by atoms with E-state index >= 15 is 0 Å². The Morgan fingerprint density at radius 1 is 1.50 bits per heavy atom. The molecule has 16 heavy (non-hydrogen) atoms. The summed E-state index contributed by atoms with van der Waals surface area (Å²) in [5, 5.41) is 10.5. The van der Waals surface area contributed by atoms with Gasteiger partial charge < -0.3 is 4.57 Å². The van der Waals surface area contributed by atoms with Crippen molar-refractivity contribution < 1.29 is 0 Å². The molecule has 0 N–H and O–H groups in total. The lowest BCUT2D eigenvalue weighted by Gasteiger charge is -2.27. The number of nitriles is 1. The third kappa shape index (κ3) is 1.30. The maximum Gasteiger partial charge on any atom is 0.141 e. The van der Waals surface area contributed by atoms with Crippen LogP contribution in [0.1, 0.15) is 30.9 Å². The van der Waals surface area contributed by atoms with Gasteiger partial charge in [-0.1, -0.05) is 11.6 Å². The summed E-state index contributed by atoms with van der Waals surface area (Å²) in [5.74, 6) is 0. The third-order valence-electron chi connectivity index (χ3n) is 3.22. The van der Waals surface area contributed by atoms with Gasteiger partial charge in [0.1, 0.15) is 11.7 Å². The maximum atomic E-state index is 9.08. The minimum absolute atomic E-state index is 0.512. The van der Waals surface area contributed by atoms with Gasteiger partial charge in [-0.3, -0.25) is 0 Å². The predicted molar refractivity (Wildman–Crippen MR) is 62.3 cm³/mol. The van der Waals surface area contributed by atoms with Crippen molar-refractivity contribution in [2.75, 3.05) is 0 Å². The van der Waals surface area contributed by atoms with Crippen LogP contribution in [0.15, 0.2) is 18.5 Å². The van der Waals surface area contributed by atoms with Gasteiger partial charge in [-0.15, -0.1) is 0 Å². The van der Waals surface area contributed by atoms with E-state index < -0.39 is 0 Å². The molecule has 1 saturated carbocycles. The van der Waals surface area contributed by atoms with Crippen LogP contribution in [0.25, 0.3) is 11.0 Å². The van der Waals surface area contributed by atoms with Crippen LogP contribution in [0.5, 0.6) is 0 Å². The molecule has 0 amide bonds. The van der Waals surface area contributed by atoms with Gasteiger partial charge in [0.05, 0.1) is 10.6 Å². The number of nitrogens with zero attached hydrogens (tertiary/aromatic N) is 3. The Labute approximate surface area is 98.3 Å². The second kappa shape index (κ2) is 3.50. The zero-order chi connectivity index (χ0) is 11.1. The summed E-state index contributed by atoms with van der Waals surface area (Å²) in [5.41, 5.74) is 1.54. The Hall–Kier alpha value is -1.53. The molecule has 1 aliphatic carbocycles. The quantitative estimate of drug-likeness (QED) is 0.756. The lowest BCUT2D eigenvalue weighted by molar-refractivity contribution is 0.320. The highest BCUT2D eigenvalue weighted by atomic mass is 35.5. The van der Waals surface area contributed by atoms with E-state index in [4.69, 9.17) is 16.9 Å². The van der Waals surface area contributed by atoms with E-state index in [0.29, 0.717) is 16.6 Å². The largest absolute Gasteiger partial charge is 0.328 e. The van der Waals surface area contributed by atoms with E-state index in [0.717, 1.165) is 11.0 Å². The molecule has 3 nitrogen and oxygen atoms in total. The summed E-state index contributed by atoms with van der Waals surface area (Å²) in [7, 11) is 0. The first-order valence-electron chi connectivity index (χ1n) is 5.36. The molecule has 0 bridgehead atoms. The molecular formula is C12H10ClN3. The van der Waals surface area contributed by atoms with E-state index in [-0.39, 0.29) is 0 Å². The van der Waals surface area contributed by atoms with Crippen molar-refractivity contribution in [3.8, 4) is 6.07 Å². The third-order valence-corrected chi connectivity index (χ3v) is 3.43. The maximum absolute atomic E-state index is 9.08. The van der Waals surface area contributed by atoms with Crippen molar-refractivity contribution in [3.05, 3.63) is 29.0 Å². The number of rotatable bonds is 1. The minimum Gasteiger partial charge on any atom is -0.328 e. The van der Waals surface area contributed by atoms with Crippen molar-refractivity contribution in [1.29, 1.82) is 5.26 Å². The molecule has 80 valence electrons. The van der Waals surface area contributed by atoms with Crippen LogP contribution >= 0.6 is 11.6 Å². The first-order chi connectivity index (χ1) is 7.79. The molecule has 2 aromatic rings. The molecule has 0 unspecified atom stereocenters. The van der Waals surface area contributed by atoms with Gasteiger partial charge in [-0.05, 0) is 25.3 Å². The van der Waals surface area contributed by atoms with E-state index in [2.05, 4.69) is 15.6 Å². The summed E-state index contributed by atoms with van der Waals surface area (Å²) in [6, 6.07) is 4.53. The fourth-order valence-corrected chi connectivity index (χ4v) is 2.30. The number of halogens is 1. The molecular weight excluding hydrogens is 222 g/mol. The molecule has 4 heteroatoms. The van der Waals surface area contributed by atoms with Gasteiger partial charge in [0.2, 0.25) is 0 Å². The monoisotopic (exact) mass is 231 g/mol. The zero-order valence-electron chi connectivity index (χ0n) is 8.65. The SMILES string of the molecule is N#Cc1cn(C2CCC2)c2ncc(Cl)cc12. The molecule has 0 radical (unpaired) electrons. The lowest BCUT2D eigenvalue weighted by Crippen LogP contribution is -2.16. The van der Waals surface area contributed by atoms with Crippen molar-refractivity contribution in [2.45, 2.75) is 25.3 Å². The smallest absolute Gasteiger partial charge is 0.141 e. The summed E-state index contributed by atoms with van der Waals surface area (Å²) < 4.78 is 2.12. The van der Waals surface area contributed by atoms with Gasteiger partial charge in [0.15, 0.2) is 0 Å². The minimum atomic E-state index is 0.512. The lowest BCUT2D eigenvalue weighted by atomic mass is 9.93. The second-order valence-corrected chi connectivity index (χ2v) is 4.61. The average molecular weight is 232 g/mol. The highest BCUT2D eigenvalue weighted by molar-refractivity contribution is 6.31. The van der Waals surface area contributed by atoms with Crippen LogP contribution in [-0.2, 0) is 0 Å².